The number of aromatic nitrogens is 2. The van der Waals surface area contributed by atoms with Crippen LogP contribution in [0.15, 0.2) is 200 Å². The summed E-state index contributed by atoms with van der Waals surface area (Å²) in [4.78, 5) is 9.75. The molecule has 5 nitrogen and oxygen atoms in total. The Morgan fingerprint density at radius 2 is 1.16 bits per heavy atom. The van der Waals surface area contributed by atoms with E-state index in [1.807, 2.05) is 18.3 Å². The van der Waals surface area contributed by atoms with Crippen LogP contribution < -0.4 is 14.5 Å². The normalized spacial score (nSPS) is 12.7. The van der Waals surface area contributed by atoms with Gasteiger partial charge in [0, 0.05) is 51.3 Å². The van der Waals surface area contributed by atoms with Gasteiger partial charge in [0.05, 0.1) is 28.1 Å². The molecule has 0 saturated heterocycles. The molecule has 11 rings (SSSR count). The maximum Gasteiger partial charge on any atom is 0.137 e. The van der Waals surface area contributed by atoms with Crippen LogP contribution in [0.2, 0.25) is 0 Å². The van der Waals surface area contributed by atoms with Gasteiger partial charge in [-0.1, -0.05) is 154 Å². The fourth-order valence-corrected chi connectivity index (χ4v) is 9.09. The number of fused-ring (bicyclic) bond motifs is 6. The average molecular weight is 789 g/mol. The lowest BCUT2D eigenvalue weighted by Gasteiger charge is -2.28. The van der Waals surface area contributed by atoms with E-state index in [4.69, 9.17) is 9.72 Å². The van der Waals surface area contributed by atoms with Gasteiger partial charge in [-0.3, -0.25) is 4.57 Å². The summed E-state index contributed by atoms with van der Waals surface area (Å²) >= 11 is 0. The molecule has 10 aromatic rings. The van der Waals surface area contributed by atoms with E-state index in [1.165, 1.54) is 55.4 Å². The van der Waals surface area contributed by atoms with Crippen LogP contribution in [-0.4, -0.2) is 16.2 Å². The van der Waals surface area contributed by atoms with E-state index < -0.39 is 0 Å². The number of hydrogen-bond acceptors (Lipinski definition) is 4. The maximum atomic E-state index is 6.96. The van der Waals surface area contributed by atoms with E-state index in [2.05, 4.69) is 217 Å². The molecule has 0 bridgehead atoms. The van der Waals surface area contributed by atoms with Crippen LogP contribution in [0.3, 0.4) is 0 Å². The smallest absolute Gasteiger partial charge is 0.137 e. The largest absolute Gasteiger partial charge is 0.457 e. The Balaban J connectivity index is 1.08. The molecule has 0 saturated carbocycles. The topological polar surface area (TPSA) is 33.5 Å². The monoisotopic (exact) mass is 788 g/mol. The Labute approximate surface area is 356 Å². The number of para-hydroxylation sites is 2. The van der Waals surface area contributed by atoms with Crippen LogP contribution in [0.1, 0.15) is 26.3 Å². The Morgan fingerprint density at radius 1 is 0.492 bits per heavy atom. The molecule has 5 heteroatoms. The van der Waals surface area contributed by atoms with E-state index in [-0.39, 0.29) is 5.41 Å². The quantitative estimate of drug-likeness (QED) is 0.161. The summed E-state index contributed by atoms with van der Waals surface area (Å²) in [5.41, 5.74) is 12.5. The third-order valence-corrected chi connectivity index (χ3v) is 12.0. The molecule has 0 aliphatic carbocycles. The predicted molar refractivity (Wildman–Crippen MR) is 254 cm³/mol. The molecule has 0 N–H and O–H groups in total. The van der Waals surface area contributed by atoms with Gasteiger partial charge in [-0.15, -0.1) is 0 Å². The number of benzene rings is 8. The second kappa shape index (κ2) is 14.6. The number of anilines is 4. The molecule has 0 radical (unpaired) electrons. The number of ether oxygens (including phenoxy) is 1. The van der Waals surface area contributed by atoms with Crippen molar-refractivity contribution in [1.82, 2.24) is 9.55 Å². The van der Waals surface area contributed by atoms with Gasteiger partial charge in [-0.2, -0.15) is 0 Å². The molecule has 0 spiro atoms. The van der Waals surface area contributed by atoms with E-state index in [1.54, 1.807) is 0 Å². The van der Waals surface area contributed by atoms with Crippen molar-refractivity contribution in [2.75, 3.05) is 16.5 Å². The van der Waals surface area contributed by atoms with Crippen molar-refractivity contribution in [3.63, 3.8) is 0 Å². The van der Waals surface area contributed by atoms with Gasteiger partial charge in [-0.25, -0.2) is 4.98 Å². The summed E-state index contributed by atoms with van der Waals surface area (Å²) < 4.78 is 9.19. The molecule has 1 aliphatic rings. The zero-order valence-electron chi connectivity index (χ0n) is 34.5. The third-order valence-electron chi connectivity index (χ3n) is 12.0. The van der Waals surface area contributed by atoms with Crippen molar-refractivity contribution in [1.29, 1.82) is 0 Å². The molecule has 0 fully saturated rings. The first-order valence-corrected chi connectivity index (χ1v) is 21.0. The third kappa shape index (κ3) is 6.37. The average Bonchev–Trinajstić information content (AvgIpc) is 3.85. The van der Waals surface area contributed by atoms with Crippen molar-refractivity contribution in [3.8, 4) is 39.6 Å². The summed E-state index contributed by atoms with van der Waals surface area (Å²) in [5.74, 6) is 2.43. The van der Waals surface area contributed by atoms with Gasteiger partial charge in [0.25, 0.3) is 0 Å². The molecule has 0 unspecified atom stereocenters. The van der Waals surface area contributed by atoms with Crippen molar-refractivity contribution in [2.24, 2.45) is 0 Å². The molecular formula is C56H44N4O. The predicted octanol–water partition coefficient (Wildman–Crippen LogP) is 15.0. The van der Waals surface area contributed by atoms with Crippen molar-refractivity contribution in [2.45, 2.75) is 26.2 Å². The molecule has 61 heavy (non-hydrogen) atoms. The zero-order valence-corrected chi connectivity index (χ0v) is 34.5. The second-order valence-corrected chi connectivity index (χ2v) is 16.9. The van der Waals surface area contributed by atoms with E-state index in [0.717, 1.165) is 45.1 Å². The molecule has 3 heterocycles. The van der Waals surface area contributed by atoms with Crippen LogP contribution in [0, 0.1) is 0 Å². The molecular weight excluding hydrogens is 745 g/mol. The van der Waals surface area contributed by atoms with Gasteiger partial charge < -0.3 is 14.5 Å². The first kappa shape index (κ1) is 36.4. The highest BCUT2D eigenvalue weighted by atomic mass is 16.5. The second-order valence-electron chi connectivity index (χ2n) is 16.9. The highest BCUT2D eigenvalue weighted by Crippen LogP contribution is 2.53. The Morgan fingerprint density at radius 3 is 1.89 bits per heavy atom. The van der Waals surface area contributed by atoms with Crippen LogP contribution in [-0.2, 0) is 5.41 Å². The highest BCUT2D eigenvalue weighted by molar-refractivity contribution is 6.10. The number of nitrogens with zero attached hydrogens (tertiary/aromatic N) is 4. The molecule has 2 aromatic heterocycles. The maximum absolute atomic E-state index is 6.96. The summed E-state index contributed by atoms with van der Waals surface area (Å²) in [6.45, 7) is 7.42. The summed E-state index contributed by atoms with van der Waals surface area (Å²) in [5, 5.41) is 4.76. The van der Waals surface area contributed by atoms with Crippen LogP contribution >= 0.6 is 0 Å². The fourth-order valence-electron chi connectivity index (χ4n) is 9.09. The lowest BCUT2D eigenvalue weighted by molar-refractivity contribution is 0.479. The van der Waals surface area contributed by atoms with Gasteiger partial charge in [0.1, 0.15) is 24.0 Å². The molecule has 294 valence electrons. The number of hydrogen-bond donors (Lipinski definition) is 0. The van der Waals surface area contributed by atoms with Crippen LogP contribution in [0.4, 0.5) is 22.7 Å². The van der Waals surface area contributed by atoms with Gasteiger partial charge >= 0.3 is 0 Å². The summed E-state index contributed by atoms with van der Waals surface area (Å²) in [6.07, 6.45) is 1.85. The van der Waals surface area contributed by atoms with Crippen molar-refractivity contribution >= 4 is 55.3 Å². The van der Waals surface area contributed by atoms with Gasteiger partial charge in [-0.05, 0) is 76.0 Å². The van der Waals surface area contributed by atoms with Crippen LogP contribution in [0.25, 0.3) is 60.6 Å². The van der Waals surface area contributed by atoms with Crippen molar-refractivity contribution < 1.29 is 4.74 Å². The zero-order chi connectivity index (χ0) is 41.1. The molecule has 1 aliphatic heterocycles. The summed E-state index contributed by atoms with van der Waals surface area (Å²) in [7, 11) is 0. The fraction of sp³-hybridized carbons (Fsp3) is 0.0893. The van der Waals surface area contributed by atoms with E-state index >= 15 is 0 Å². The van der Waals surface area contributed by atoms with Gasteiger partial charge in [0.15, 0.2) is 0 Å². The molecule has 0 atom stereocenters. The Hall–Kier alpha value is -7.63. The Bertz CT molecular complexity index is 3180. The number of pyridine rings is 1. The Kier molecular flexibility index (Phi) is 8.71. The first-order valence-electron chi connectivity index (χ1n) is 21.0. The number of rotatable bonds is 7. The molecule has 8 aromatic carbocycles. The highest BCUT2D eigenvalue weighted by Gasteiger charge is 2.34. The SMILES string of the molecule is CC(C)(C)c1cc(Oc2ccc3c4ccccc4n(-c4ccccn4)c3c2)cc(N2CN(c3c(-c4ccccc4)cccc3-c3ccccc3)c3c2ccc2ccccc32)c1. The minimum atomic E-state index is -0.143. The lowest BCUT2D eigenvalue weighted by Crippen LogP contribution is -2.25. The van der Waals surface area contributed by atoms with Crippen LogP contribution in [0.5, 0.6) is 11.5 Å². The minimum Gasteiger partial charge on any atom is -0.457 e. The first-order chi connectivity index (χ1) is 29.9. The summed E-state index contributed by atoms with van der Waals surface area (Å²) in [6, 6.07) is 69.3. The van der Waals surface area contributed by atoms with Crippen molar-refractivity contribution in [3.05, 3.63) is 206 Å². The molecule has 0 amide bonds. The minimum absolute atomic E-state index is 0.143. The van der Waals surface area contributed by atoms with Gasteiger partial charge in [0.2, 0.25) is 0 Å². The standard InChI is InChI=1S/C56H44N4O/c1-56(2,3)41-33-42(35-44(34-41)61-43-29-30-49-48-23-12-13-26-50(48)60(52(49)36-43)53-27-14-15-32-57-53)58-37-59(55-47-22-11-10-21-40(47)28-31-51(55)58)54-45(38-17-6-4-7-18-38)24-16-25-46(54)39-19-8-5-9-20-39/h4-36H,37H2,1-3H3. The lowest BCUT2D eigenvalue weighted by atomic mass is 9.86. The van der Waals surface area contributed by atoms with E-state index in [0.29, 0.717) is 6.67 Å². The van der Waals surface area contributed by atoms with E-state index in [9.17, 15) is 0 Å².